The molecule has 0 aliphatic heterocycles. The van der Waals surface area contributed by atoms with Crippen molar-refractivity contribution >= 4 is 27.1 Å². The summed E-state index contributed by atoms with van der Waals surface area (Å²) in [5.74, 6) is -1.54. The van der Waals surface area contributed by atoms with Crippen LogP contribution in [0.4, 0.5) is 0 Å². The molecule has 15 heavy (non-hydrogen) atoms. The van der Waals surface area contributed by atoms with E-state index >= 15 is 0 Å². The van der Waals surface area contributed by atoms with Crippen LogP contribution in [0.5, 0.6) is 0 Å². The zero-order chi connectivity index (χ0) is 11.7. The van der Waals surface area contributed by atoms with Crippen LogP contribution in [0.1, 0.15) is 18.7 Å². The molecule has 1 N–H and O–H groups in total. The van der Waals surface area contributed by atoms with Gasteiger partial charge in [0.1, 0.15) is 0 Å². The van der Waals surface area contributed by atoms with E-state index in [-0.39, 0.29) is 5.75 Å². The molecule has 0 saturated carbocycles. The molecule has 0 spiro atoms. The second-order valence-electron chi connectivity index (χ2n) is 3.65. The minimum atomic E-state index is -3.67. The molecule has 4 nitrogen and oxygen atoms in total. The smallest absolute Gasteiger partial charge is 0.324 e. The fourth-order valence-corrected chi connectivity index (χ4v) is 3.22. The highest BCUT2D eigenvalue weighted by Crippen LogP contribution is 2.23. The normalized spacial score (nSPS) is 12.7. The lowest BCUT2D eigenvalue weighted by Crippen LogP contribution is -2.41. The molecule has 0 aliphatic rings. The minimum Gasteiger partial charge on any atom is -0.480 e. The van der Waals surface area contributed by atoms with Gasteiger partial charge in [-0.1, -0.05) is 6.07 Å². The van der Waals surface area contributed by atoms with E-state index in [4.69, 9.17) is 5.11 Å². The molecule has 0 aliphatic carbocycles. The molecule has 0 aromatic carbocycles. The first-order chi connectivity index (χ1) is 6.77. The van der Waals surface area contributed by atoms with Crippen LogP contribution in [0.25, 0.3) is 0 Å². The van der Waals surface area contributed by atoms with E-state index in [9.17, 15) is 13.2 Å². The Kier molecular flexibility index (Phi) is 3.20. The molecular weight excluding hydrogens is 236 g/mol. The lowest BCUT2D eigenvalue weighted by molar-refractivity contribution is -0.139. The van der Waals surface area contributed by atoms with Crippen molar-refractivity contribution in [1.82, 2.24) is 0 Å². The molecule has 1 heterocycles. The predicted octanol–water partition coefficient (Wildman–Crippen LogP) is 1.53. The van der Waals surface area contributed by atoms with E-state index in [0.717, 1.165) is 0 Å². The van der Waals surface area contributed by atoms with Gasteiger partial charge in [0.25, 0.3) is 0 Å². The van der Waals surface area contributed by atoms with E-state index in [1.807, 2.05) is 0 Å². The maximum Gasteiger partial charge on any atom is 0.324 e. The lowest BCUT2D eigenvalue weighted by atomic mass is 10.2. The van der Waals surface area contributed by atoms with Gasteiger partial charge in [-0.05, 0) is 25.3 Å². The number of rotatable bonds is 4. The summed E-state index contributed by atoms with van der Waals surface area (Å²) in [7, 11) is -3.67. The Bertz CT molecular complexity index is 442. The molecule has 1 rings (SSSR count). The first kappa shape index (κ1) is 12.2. The van der Waals surface area contributed by atoms with Crippen molar-refractivity contribution < 1.29 is 18.3 Å². The van der Waals surface area contributed by atoms with Crippen molar-refractivity contribution in [3.63, 3.8) is 0 Å². The van der Waals surface area contributed by atoms with Gasteiger partial charge in [0.05, 0.1) is 5.75 Å². The van der Waals surface area contributed by atoms with Gasteiger partial charge < -0.3 is 5.11 Å². The predicted molar refractivity (Wildman–Crippen MR) is 58.7 cm³/mol. The van der Waals surface area contributed by atoms with Crippen LogP contribution in [0.3, 0.4) is 0 Å². The zero-order valence-corrected chi connectivity index (χ0v) is 10.1. The Morgan fingerprint density at radius 2 is 2.13 bits per heavy atom. The number of carbonyl (C=O) groups is 1. The van der Waals surface area contributed by atoms with Gasteiger partial charge in [0.15, 0.2) is 14.6 Å². The Morgan fingerprint density at radius 3 is 2.53 bits per heavy atom. The summed E-state index contributed by atoms with van der Waals surface area (Å²) >= 11 is 1.31. The summed E-state index contributed by atoms with van der Waals surface area (Å²) in [6, 6.07) is 3.42. The molecule has 1 aromatic heterocycles. The molecular formula is C9H12O4S2. The summed E-state index contributed by atoms with van der Waals surface area (Å²) in [6.45, 7) is 2.41. The fourth-order valence-electron chi connectivity index (χ4n) is 0.895. The average Bonchev–Trinajstić information content (AvgIpc) is 2.55. The van der Waals surface area contributed by atoms with Crippen LogP contribution < -0.4 is 0 Å². The molecule has 0 radical (unpaired) electrons. The SMILES string of the molecule is CC(C)(C(=O)O)S(=O)(=O)Cc1cccs1. The van der Waals surface area contributed by atoms with Crippen LogP contribution >= 0.6 is 11.3 Å². The van der Waals surface area contributed by atoms with E-state index in [0.29, 0.717) is 4.88 Å². The topological polar surface area (TPSA) is 71.4 Å². The number of thiophene rings is 1. The Hall–Kier alpha value is -0.880. The molecule has 1 aromatic rings. The van der Waals surface area contributed by atoms with Crippen LogP contribution in [0, 0.1) is 0 Å². The van der Waals surface area contributed by atoms with E-state index in [1.165, 1.54) is 25.2 Å². The molecule has 0 atom stereocenters. The average molecular weight is 248 g/mol. The third-order valence-corrected chi connectivity index (χ3v) is 5.68. The summed E-state index contributed by atoms with van der Waals surface area (Å²) in [5.41, 5.74) is 0. The van der Waals surface area contributed by atoms with E-state index in [2.05, 4.69) is 0 Å². The molecule has 0 unspecified atom stereocenters. The number of aliphatic carboxylic acids is 1. The number of hydrogen-bond acceptors (Lipinski definition) is 4. The third-order valence-electron chi connectivity index (χ3n) is 2.20. The van der Waals surface area contributed by atoms with E-state index in [1.54, 1.807) is 17.5 Å². The minimum absolute atomic E-state index is 0.218. The Morgan fingerprint density at radius 1 is 1.53 bits per heavy atom. The van der Waals surface area contributed by atoms with Crippen LogP contribution in [0.15, 0.2) is 17.5 Å². The zero-order valence-electron chi connectivity index (χ0n) is 8.43. The van der Waals surface area contributed by atoms with Crippen molar-refractivity contribution in [2.24, 2.45) is 0 Å². The van der Waals surface area contributed by atoms with Gasteiger partial charge in [0, 0.05) is 4.88 Å². The van der Waals surface area contributed by atoms with Gasteiger partial charge in [0.2, 0.25) is 0 Å². The van der Waals surface area contributed by atoms with Gasteiger partial charge in [-0.2, -0.15) is 0 Å². The van der Waals surface area contributed by atoms with E-state index < -0.39 is 20.6 Å². The third kappa shape index (κ3) is 2.38. The number of sulfone groups is 1. The van der Waals surface area contributed by atoms with Crippen molar-refractivity contribution in [3.8, 4) is 0 Å². The summed E-state index contributed by atoms with van der Waals surface area (Å²) in [6.07, 6.45) is 0. The summed E-state index contributed by atoms with van der Waals surface area (Å²) in [4.78, 5) is 11.5. The molecule has 0 bridgehead atoms. The summed E-state index contributed by atoms with van der Waals surface area (Å²) in [5, 5.41) is 10.6. The molecule has 0 saturated heterocycles. The maximum absolute atomic E-state index is 11.8. The number of hydrogen-bond donors (Lipinski definition) is 1. The highest BCUT2D eigenvalue weighted by atomic mass is 32.2. The first-order valence-electron chi connectivity index (χ1n) is 4.25. The lowest BCUT2D eigenvalue weighted by Gasteiger charge is -2.18. The highest BCUT2D eigenvalue weighted by Gasteiger charge is 2.41. The number of carboxylic acid groups (broad SMARTS) is 1. The van der Waals surface area contributed by atoms with Crippen LogP contribution in [-0.2, 0) is 20.4 Å². The Labute approximate surface area is 92.5 Å². The second-order valence-corrected chi connectivity index (χ2v) is 7.22. The van der Waals surface area contributed by atoms with Gasteiger partial charge >= 0.3 is 5.97 Å². The standard InChI is InChI=1S/C9H12O4S2/c1-9(2,8(10)11)15(12,13)6-7-4-3-5-14-7/h3-5H,6H2,1-2H3,(H,10,11). The van der Waals surface area contributed by atoms with Crippen molar-refractivity contribution in [2.45, 2.75) is 24.3 Å². The molecule has 6 heteroatoms. The largest absolute Gasteiger partial charge is 0.480 e. The first-order valence-corrected chi connectivity index (χ1v) is 6.78. The summed E-state index contributed by atoms with van der Waals surface area (Å²) < 4.78 is 21.8. The highest BCUT2D eigenvalue weighted by molar-refractivity contribution is 7.92. The quantitative estimate of drug-likeness (QED) is 0.877. The van der Waals surface area contributed by atoms with Gasteiger partial charge in [-0.3, -0.25) is 4.79 Å². The van der Waals surface area contributed by atoms with Crippen molar-refractivity contribution in [2.75, 3.05) is 0 Å². The van der Waals surface area contributed by atoms with Crippen LogP contribution in [-0.4, -0.2) is 24.2 Å². The fraction of sp³-hybridized carbons (Fsp3) is 0.444. The van der Waals surface area contributed by atoms with Crippen molar-refractivity contribution in [3.05, 3.63) is 22.4 Å². The second kappa shape index (κ2) is 3.94. The maximum atomic E-state index is 11.8. The van der Waals surface area contributed by atoms with Crippen molar-refractivity contribution in [1.29, 1.82) is 0 Å². The van der Waals surface area contributed by atoms with Gasteiger partial charge in [-0.15, -0.1) is 11.3 Å². The molecule has 0 fully saturated rings. The number of carboxylic acids is 1. The van der Waals surface area contributed by atoms with Crippen LogP contribution in [0.2, 0.25) is 0 Å². The monoisotopic (exact) mass is 248 g/mol. The van der Waals surface area contributed by atoms with Gasteiger partial charge in [-0.25, -0.2) is 8.42 Å². The molecule has 0 amide bonds. The Balaban J connectivity index is 2.99. The molecule has 84 valence electrons.